The quantitative estimate of drug-likeness (QED) is 0.897. The molecule has 1 aliphatic rings. The van der Waals surface area contributed by atoms with Gasteiger partial charge in [0.15, 0.2) is 0 Å². The Kier molecular flexibility index (Phi) is 4.14. The lowest BCUT2D eigenvalue weighted by Crippen LogP contribution is -2.38. The number of carboxylic acid groups (broad SMARTS) is 1. The molecule has 1 aromatic carbocycles. The first-order valence-electron chi connectivity index (χ1n) is 6.73. The van der Waals surface area contributed by atoms with E-state index in [1.807, 2.05) is 6.92 Å². The first-order chi connectivity index (χ1) is 9.01. The van der Waals surface area contributed by atoms with Crippen LogP contribution in [0.3, 0.4) is 0 Å². The molecule has 4 heteroatoms. The van der Waals surface area contributed by atoms with E-state index in [1.54, 1.807) is 6.07 Å². The van der Waals surface area contributed by atoms with Crippen LogP contribution < -0.4 is 0 Å². The van der Waals surface area contributed by atoms with Gasteiger partial charge in [-0.1, -0.05) is 43.9 Å². The van der Waals surface area contributed by atoms with E-state index in [-0.39, 0.29) is 5.02 Å². The van der Waals surface area contributed by atoms with Gasteiger partial charge in [-0.15, -0.1) is 0 Å². The van der Waals surface area contributed by atoms with Crippen LogP contribution >= 0.6 is 11.6 Å². The zero-order valence-corrected chi connectivity index (χ0v) is 11.8. The largest absolute Gasteiger partial charge is 0.481 e. The number of halogens is 2. The van der Waals surface area contributed by atoms with E-state index in [0.717, 1.165) is 19.3 Å². The fourth-order valence-electron chi connectivity index (χ4n) is 2.96. The third kappa shape index (κ3) is 2.48. The fraction of sp³-hybridized carbons (Fsp3) is 0.533. The Labute approximate surface area is 117 Å². The summed E-state index contributed by atoms with van der Waals surface area (Å²) in [5.41, 5.74) is 0.260. The molecule has 1 N–H and O–H groups in total. The van der Waals surface area contributed by atoms with Gasteiger partial charge in [-0.2, -0.15) is 0 Å². The average molecular weight is 285 g/mol. The summed E-state index contributed by atoms with van der Waals surface area (Å²) in [6.45, 7) is 1.84. The summed E-state index contributed by atoms with van der Waals surface area (Å²) < 4.78 is 13.8. The number of hydrogen-bond donors (Lipinski definition) is 1. The highest BCUT2D eigenvalue weighted by molar-refractivity contribution is 6.30. The van der Waals surface area contributed by atoms with Crippen molar-refractivity contribution < 1.29 is 14.3 Å². The maximum absolute atomic E-state index is 13.8. The molecule has 0 unspecified atom stereocenters. The molecule has 0 radical (unpaired) electrons. The molecular weight excluding hydrogens is 267 g/mol. The van der Waals surface area contributed by atoms with Crippen LogP contribution in [0.2, 0.25) is 5.02 Å². The third-order valence-corrected chi connectivity index (χ3v) is 4.43. The molecule has 2 nitrogen and oxygen atoms in total. The minimum atomic E-state index is -0.889. The van der Waals surface area contributed by atoms with Gasteiger partial charge < -0.3 is 5.11 Å². The predicted octanol–water partition coefficient (Wildman–Crippen LogP) is 4.33. The normalized spacial score (nSPS) is 18.3. The van der Waals surface area contributed by atoms with Crippen molar-refractivity contribution in [3.63, 3.8) is 0 Å². The van der Waals surface area contributed by atoms with E-state index < -0.39 is 17.2 Å². The Bertz CT molecular complexity index is 493. The molecule has 1 aromatic rings. The molecule has 0 spiro atoms. The molecule has 0 aromatic heterocycles. The molecule has 0 aliphatic heterocycles. The smallest absolute Gasteiger partial charge is 0.314 e. The number of aliphatic carboxylic acids is 1. The standard InChI is InChI=1S/C15H18ClFO2/c1-2-10-8-11(9-12(16)13(10)17)15(14(18)19)6-4-3-5-7-15/h8-9H,2-7H2,1H3,(H,18,19). The molecule has 0 saturated heterocycles. The Morgan fingerprint density at radius 3 is 2.53 bits per heavy atom. The number of carbonyl (C=O) groups is 1. The second kappa shape index (κ2) is 5.49. The van der Waals surface area contributed by atoms with E-state index in [9.17, 15) is 14.3 Å². The van der Waals surface area contributed by atoms with Crippen molar-refractivity contribution in [3.05, 3.63) is 34.1 Å². The summed E-state index contributed by atoms with van der Waals surface area (Å²) in [6.07, 6.45) is 4.56. The zero-order valence-electron chi connectivity index (χ0n) is 11.0. The molecule has 0 atom stereocenters. The van der Waals surface area contributed by atoms with Crippen molar-refractivity contribution in [1.29, 1.82) is 0 Å². The molecule has 19 heavy (non-hydrogen) atoms. The maximum Gasteiger partial charge on any atom is 0.314 e. The van der Waals surface area contributed by atoms with Crippen LogP contribution in [0.4, 0.5) is 4.39 Å². The lowest BCUT2D eigenvalue weighted by molar-refractivity contribution is -0.145. The predicted molar refractivity (Wildman–Crippen MR) is 73.2 cm³/mol. The van der Waals surface area contributed by atoms with Gasteiger partial charge in [0.25, 0.3) is 0 Å². The topological polar surface area (TPSA) is 37.3 Å². The van der Waals surface area contributed by atoms with Crippen LogP contribution in [0.5, 0.6) is 0 Å². The molecule has 2 rings (SSSR count). The van der Waals surface area contributed by atoms with Gasteiger partial charge in [0.1, 0.15) is 5.82 Å². The van der Waals surface area contributed by atoms with Crippen LogP contribution in [-0.4, -0.2) is 11.1 Å². The number of aryl methyl sites for hydroxylation is 1. The number of carboxylic acids is 1. The Balaban J connectivity index is 2.54. The molecule has 1 fully saturated rings. The number of hydrogen-bond acceptors (Lipinski definition) is 1. The number of benzene rings is 1. The molecule has 0 amide bonds. The Hall–Kier alpha value is -1.09. The highest BCUT2D eigenvalue weighted by Crippen LogP contribution is 2.41. The zero-order chi connectivity index (χ0) is 14.0. The molecule has 1 saturated carbocycles. The second-order valence-corrected chi connectivity index (χ2v) is 5.64. The highest BCUT2D eigenvalue weighted by Gasteiger charge is 2.41. The van der Waals surface area contributed by atoms with Crippen LogP contribution in [-0.2, 0) is 16.6 Å². The van der Waals surface area contributed by atoms with Gasteiger partial charge in [-0.3, -0.25) is 4.79 Å². The average Bonchev–Trinajstić information content (AvgIpc) is 2.42. The van der Waals surface area contributed by atoms with Crippen LogP contribution in [0.25, 0.3) is 0 Å². The van der Waals surface area contributed by atoms with Crippen molar-refractivity contribution in [3.8, 4) is 0 Å². The second-order valence-electron chi connectivity index (χ2n) is 5.23. The van der Waals surface area contributed by atoms with E-state index in [1.165, 1.54) is 6.07 Å². The third-order valence-electron chi connectivity index (χ3n) is 4.15. The van der Waals surface area contributed by atoms with E-state index in [0.29, 0.717) is 30.4 Å². The summed E-state index contributed by atoms with van der Waals surface area (Å²) >= 11 is 5.92. The monoisotopic (exact) mass is 284 g/mol. The maximum atomic E-state index is 13.8. The van der Waals surface area contributed by atoms with Crippen LogP contribution in [0, 0.1) is 5.82 Å². The van der Waals surface area contributed by atoms with Crippen molar-refractivity contribution in [2.75, 3.05) is 0 Å². The SMILES string of the molecule is CCc1cc(C2(C(=O)O)CCCCC2)cc(Cl)c1F. The van der Waals surface area contributed by atoms with Crippen molar-refractivity contribution >= 4 is 17.6 Å². The van der Waals surface area contributed by atoms with Gasteiger partial charge in [-0.25, -0.2) is 4.39 Å². The van der Waals surface area contributed by atoms with Crippen LogP contribution in [0.15, 0.2) is 12.1 Å². The summed E-state index contributed by atoms with van der Waals surface area (Å²) in [5.74, 6) is -1.25. The van der Waals surface area contributed by atoms with Gasteiger partial charge >= 0.3 is 5.97 Å². The first-order valence-corrected chi connectivity index (χ1v) is 7.11. The summed E-state index contributed by atoms with van der Waals surface area (Å²) in [7, 11) is 0. The molecule has 0 bridgehead atoms. The van der Waals surface area contributed by atoms with Gasteiger partial charge in [0.05, 0.1) is 10.4 Å². The molecule has 104 valence electrons. The Morgan fingerprint density at radius 1 is 1.37 bits per heavy atom. The van der Waals surface area contributed by atoms with Gasteiger partial charge in [0, 0.05) is 0 Å². The minimum absolute atomic E-state index is 0.0283. The van der Waals surface area contributed by atoms with Crippen molar-refractivity contribution in [2.45, 2.75) is 50.9 Å². The minimum Gasteiger partial charge on any atom is -0.481 e. The van der Waals surface area contributed by atoms with Crippen molar-refractivity contribution in [2.24, 2.45) is 0 Å². The van der Waals surface area contributed by atoms with Crippen LogP contribution in [0.1, 0.15) is 50.2 Å². The molecule has 0 heterocycles. The van der Waals surface area contributed by atoms with E-state index >= 15 is 0 Å². The lowest BCUT2D eigenvalue weighted by Gasteiger charge is -2.34. The van der Waals surface area contributed by atoms with Gasteiger partial charge in [0.2, 0.25) is 0 Å². The summed E-state index contributed by atoms with van der Waals surface area (Å²) in [5, 5.41) is 9.66. The number of rotatable bonds is 3. The fourth-order valence-corrected chi connectivity index (χ4v) is 3.20. The summed E-state index contributed by atoms with van der Waals surface area (Å²) in [4.78, 5) is 11.7. The first kappa shape index (κ1) is 14.3. The van der Waals surface area contributed by atoms with Gasteiger partial charge in [-0.05, 0) is 36.5 Å². The summed E-state index contributed by atoms with van der Waals surface area (Å²) in [6, 6.07) is 3.18. The molecule has 1 aliphatic carbocycles. The Morgan fingerprint density at radius 2 is 2.00 bits per heavy atom. The molecular formula is C15H18ClFO2. The lowest BCUT2D eigenvalue weighted by atomic mass is 9.69. The van der Waals surface area contributed by atoms with Crippen molar-refractivity contribution in [1.82, 2.24) is 0 Å². The van der Waals surface area contributed by atoms with E-state index in [4.69, 9.17) is 11.6 Å². The van der Waals surface area contributed by atoms with E-state index in [2.05, 4.69) is 0 Å². The highest BCUT2D eigenvalue weighted by atomic mass is 35.5.